The number of nitrogens with one attached hydrogen (secondary N) is 2. The fourth-order valence-electron chi connectivity index (χ4n) is 2.94. The molecule has 0 spiro atoms. The third kappa shape index (κ3) is 5.56. The van der Waals surface area contributed by atoms with Crippen LogP contribution < -0.4 is 10.6 Å². The first-order chi connectivity index (χ1) is 14.1. The number of benzene rings is 2. The van der Waals surface area contributed by atoms with Gasteiger partial charge in [0.2, 0.25) is 5.91 Å². The lowest BCUT2D eigenvalue weighted by atomic mass is 10.2. The van der Waals surface area contributed by atoms with E-state index in [4.69, 9.17) is 16.3 Å². The van der Waals surface area contributed by atoms with E-state index >= 15 is 0 Å². The van der Waals surface area contributed by atoms with E-state index in [1.54, 1.807) is 31.4 Å². The number of fused-ring (bicyclic) bond motifs is 1. The number of methoxy groups -OCH3 is 1. The van der Waals surface area contributed by atoms with Gasteiger partial charge in [0.25, 0.3) is 5.91 Å². The topological polar surface area (TPSA) is 85.2 Å². The molecule has 0 aliphatic carbocycles. The monoisotopic (exact) mass is 414 g/mol. The van der Waals surface area contributed by atoms with Crippen LogP contribution in [0.3, 0.4) is 0 Å². The minimum atomic E-state index is -0.232. The zero-order chi connectivity index (χ0) is 20.6. The van der Waals surface area contributed by atoms with Gasteiger partial charge in [0.15, 0.2) is 0 Å². The van der Waals surface area contributed by atoms with Crippen molar-refractivity contribution in [1.29, 1.82) is 0 Å². The second kappa shape index (κ2) is 10.0. The van der Waals surface area contributed by atoms with Crippen molar-refractivity contribution in [1.82, 2.24) is 20.2 Å². The van der Waals surface area contributed by atoms with E-state index in [1.807, 2.05) is 28.8 Å². The number of hydrogen-bond donors (Lipinski definition) is 2. The molecule has 1 aromatic heterocycles. The molecule has 0 saturated carbocycles. The molecule has 0 aliphatic rings. The van der Waals surface area contributed by atoms with Crippen LogP contribution in [-0.2, 0) is 22.6 Å². The summed E-state index contributed by atoms with van der Waals surface area (Å²) < 4.78 is 6.81. The Bertz CT molecular complexity index is 985. The standard InChI is InChI=1S/C21H23ClN4O3/c1-29-12-4-11-23-20(27)14-26-18-6-3-2-5-17(18)25-19(26)13-24-21(28)15-7-9-16(22)10-8-15/h2-3,5-10H,4,11-14H2,1H3,(H,23,27)(H,24,28). The van der Waals surface area contributed by atoms with Crippen molar-refractivity contribution >= 4 is 34.4 Å². The third-order valence-corrected chi connectivity index (χ3v) is 4.65. The molecule has 0 radical (unpaired) electrons. The second-order valence-corrected chi connectivity index (χ2v) is 6.93. The first-order valence-corrected chi connectivity index (χ1v) is 9.70. The van der Waals surface area contributed by atoms with E-state index in [0.29, 0.717) is 29.6 Å². The summed E-state index contributed by atoms with van der Waals surface area (Å²) >= 11 is 5.87. The van der Waals surface area contributed by atoms with Crippen LogP contribution in [0.15, 0.2) is 48.5 Å². The van der Waals surface area contributed by atoms with Gasteiger partial charge in [-0.25, -0.2) is 4.98 Å². The molecule has 152 valence electrons. The van der Waals surface area contributed by atoms with Crippen LogP contribution in [0.25, 0.3) is 11.0 Å². The highest BCUT2D eigenvalue weighted by molar-refractivity contribution is 6.30. The van der Waals surface area contributed by atoms with E-state index < -0.39 is 0 Å². The molecule has 0 aliphatic heterocycles. The molecule has 0 atom stereocenters. The molecule has 1 heterocycles. The molecule has 3 rings (SSSR count). The minimum Gasteiger partial charge on any atom is -0.385 e. The predicted octanol–water partition coefficient (Wildman–Crippen LogP) is 2.77. The van der Waals surface area contributed by atoms with Gasteiger partial charge in [-0.1, -0.05) is 23.7 Å². The van der Waals surface area contributed by atoms with Crippen LogP contribution in [0.4, 0.5) is 0 Å². The number of ether oxygens (including phenoxy) is 1. The molecule has 2 N–H and O–H groups in total. The summed E-state index contributed by atoms with van der Waals surface area (Å²) in [4.78, 5) is 29.3. The lowest BCUT2D eigenvalue weighted by Crippen LogP contribution is -2.31. The average Bonchev–Trinajstić information content (AvgIpc) is 3.07. The largest absolute Gasteiger partial charge is 0.385 e. The highest BCUT2D eigenvalue weighted by Crippen LogP contribution is 2.16. The predicted molar refractivity (Wildman–Crippen MR) is 112 cm³/mol. The van der Waals surface area contributed by atoms with Crippen LogP contribution in [0.5, 0.6) is 0 Å². The Morgan fingerprint density at radius 1 is 1.10 bits per heavy atom. The Balaban J connectivity index is 1.71. The van der Waals surface area contributed by atoms with Crippen molar-refractivity contribution in [2.45, 2.75) is 19.5 Å². The van der Waals surface area contributed by atoms with Crippen molar-refractivity contribution < 1.29 is 14.3 Å². The van der Waals surface area contributed by atoms with Crippen molar-refractivity contribution in [2.24, 2.45) is 0 Å². The molecule has 0 bridgehead atoms. The molecular weight excluding hydrogens is 392 g/mol. The normalized spacial score (nSPS) is 10.8. The number of nitrogens with zero attached hydrogens (tertiary/aromatic N) is 2. The number of halogens is 1. The zero-order valence-electron chi connectivity index (χ0n) is 16.2. The molecule has 29 heavy (non-hydrogen) atoms. The van der Waals surface area contributed by atoms with Crippen LogP contribution >= 0.6 is 11.6 Å². The van der Waals surface area contributed by atoms with Gasteiger partial charge < -0.3 is 19.9 Å². The maximum Gasteiger partial charge on any atom is 0.251 e. The van der Waals surface area contributed by atoms with Crippen LogP contribution in [0.2, 0.25) is 5.02 Å². The Kier molecular flexibility index (Phi) is 7.21. The number of hydrogen-bond acceptors (Lipinski definition) is 4. The molecule has 0 fully saturated rings. The summed E-state index contributed by atoms with van der Waals surface area (Å²) in [6.07, 6.45) is 0.747. The first kappa shape index (κ1) is 20.8. The number of carbonyl (C=O) groups excluding carboxylic acids is 2. The highest BCUT2D eigenvalue weighted by atomic mass is 35.5. The zero-order valence-corrected chi connectivity index (χ0v) is 16.9. The van der Waals surface area contributed by atoms with E-state index in [-0.39, 0.29) is 24.9 Å². The molecule has 0 unspecified atom stereocenters. The Hall–Kier alpha value is -2.90. The van der Waals surface area contributed by atoms with Crippen molar-refractivity contribution in [2.75, 3.05) is 20.3 Å². The number of aromatic nitrogens is 2. The Morgan fingerprint density at radius 3 is 2.62 bits per heavy atom. The summed E-state index contributed by atoms with van der Waals surface area (Å²) in [6, 6.07) is 14.2. The van der Waals surface area contributed by atoms with Crippen molar-refractivity contribution in [3.8, 4) is 0 Å². The number of amides is 2. The summed E-state index contributed by atoms with van der Waals surface area (Å²) in [6.45, 7) is 1.46. The minimum absolute atomic E-state index is 0.116. The molecule has 0 saturated heterocycles. The van der Waals surface area contributed by atoms with Crippen LogP contribution in [0, 0.1) is 0 Å². The van der Waals surface area contributed by atoms with E-state index in [1.165, 1.54) is 0 Å². The summed E-state index contributed by atoms with van der Waals surface area (Å²) in [5.41, 5.74) is 2.12. The highest BCUT2D eigenvalue weighted by Gasteiger charge is 2.15. The smallest absolute Gasteiger partial charge is 0.251 e. The second-order valence-electron chi connectivity index (χ2n) is 6.49. The third-order valence-electron chi connectivity index (χ3n) is 4.40. The van der Waals surface area contributed by atoms with Gasteiger partial charge in [-0.05, 0) is 42.8 Å². The van der Waals surface area contributed by atoms with E-state index in [0.717, 1.165) is 17.5 Å². The van der Waals surface area contributed by atoms with Gasteiger partial charge in [0, 0.05) is 30.8 Å². The van der Waals surface area contributed by atoms with Crippen LogP contribution in [-0.4, -0.2) is 41.6 Å². The van der Waals surface area contributed by atoms with Gasteiger partial charge >= 0.3 is 0 Å². The van der Waals surface area contributed by atoms with Crippen molar-refractivity contribution in [3.63, 3.8) is 0 Å². The quantitative estimate of drug-likeness (QED) is 0.527. The first-order valence-electron chi connectivity index (χ1n) is 9.32. The fraction of sp³-hybridized carbons (Fsp3) is 0.286. The summed E-state index contributed by atoms with van der Waals surface area (Å²) in [7, 11) is 1.63. The maximum absolute atomic E-state index is 12.4. The Labute approximate surface area is 174 Å². The van der Waals surface area contributed by atoms with Crippen molar-refractivity contribution in [3.05, 3.63) is 64.9 Å². The fourth-order valence-corrected chi connectivity index (χ4v) is 3.07. The maximum atomic E-state index is 12.4. The SMILES string of the molecule is COCCCNC(=O)Cn1c(CNC(=O)c2ccc(Cl)cc2)nc2ccccc21. The molecule has 2 aromatic carbocycles. The lowest BCUT2D eigenvalue weighted by Gasteiger charge is -2.11. The number of rotatable bonds is 9. The number of imidazole rings is 1. The molecule has 7 nitrogen and oxygen atoms in total. The average molecular weight is 415 g/mol. The molecular formula is C21H23ClN4O3. The molecule has 3 aromatic rings. The van der Waals surface area contributed by atoms with Gasteiger partial charge in [0.05, 0.1) is 17.6 Å². The number of para-hydroxylation sites is 2. The molecule has 8 heteroatoms. The Morgan fingerprint density at radius 2 is 1.86 bits per heavy atom. The summed E-state index contributed by atoms with van der Waals surface area (Å²) in [5.74, 6) is 0.263. The van der Waals surface area contributed by atoms with Gasteiger partial charge in [-0.3, -0.25) is 9.59 Å². The van der Waals surface area contributed by atoms with Gasteiger partial charge in [-0.2, -0.15) is 0 Å². The van der Waals surface area contributed by atoms with Gasteiger partial charge in [0.1, 0.15) is 12.4 Å². The van der Waals surface area contributed by atoms with Crippen LogP contribution in [0.1, 0.15) is 22.6 Å². The summed E-state index contributed by atoms with van der Waals surface area (Å²) in [5, 5.41) is 6.30. The van der Waals surface area contributed by atoms with Gasteiger partial charge in [-0.15, -0.1) is 0 Å². The number of carbonyl (C=O) groups is 2. The lowest BCUT2D eigenvalue weighted by molar-refractivity contribution is -0.121. The molecule has 2 amide bonds. The van der Waals surface area contributed by atoms with E-state index in [9.17, 15) is 9.59 Å². The van der Waals surface area contributed by atoms with E-state index in [2.05, 4.69) is 15.6 Å².